The van der Waals surface area contributed by atoms with E-state index < -0.39 is 0 Å². The average molecular weight is 237 g/mol. The SMILES string of the molecule is Nc1ncccc1CC(N)C1CCCCS1. The van der Waals surface area contributed by atoms with Gasteiger partial charge in [-0.05, 0) is 36.6 Å². The van der Waals surface area contributed by atoms with Gasteiger partial charge in [0, 0.05) is 17.5 Å². The Morgan fingerprint density at radius 2 is 2.38 bits per heavy atom. The van der Waals surface area contributed by atoms with Crippen LogP contribution in [-0.4, -0.2) is 22.0 Å². The first-order valence-electron chi connectivity index (χ1n) is 5.84. The van der Waals surface area contributed by atoms with Gasteiger partial charge < -0.3 is 11.5 Å². The summed E-state index contributed by atoms with van der Waals surface area (Å²) in [5, 5.41) is 0.591. The third kappa shape index (κ3) is 2.89. The van der Waals surface area contributed by atoms with E-state index in [-0.39, 0.29) is 6.04 Å². The predicted octanol–water partition coefficient (Wildman–Crippen LogP) is 1.82. The van der Waals surface area contributed by atoms with E-state index in [2.05, 4.69) is 4.98 Å². The van der Waals surface area contributed by atoms with Crippen LogP contribution in [0.4, 0.5) is 5.82 Å². The van der Waals surface area contributed by atoms with E-state index in [4.69, 9.17) is 11.5 Å². The molecule has 2 heterocycles. The maximum atomic E-state index is 6.25. The number of nitrogens with zero attached hydrogens (tertiary/aromatic N) is 1. The molecule has 1 aliphatic heterocycles. The molecule has 0 radical (unpaired) electrons. The number of aromatic nitrogens is 1. The molecule has 2 atom stereocenters. The van der Waals surface area contributed by atoms with Gasteiger partial charge in [0.2, 0.25) is 0 Å². The van der Waals surface area contributed by atoms with Crippen molar-refractivity contribution in [1.29, 1.82) is 0 Å². The highest BCUT2D eigenvalue weighted by molar-refractivity contribution is 8.00. The number of anilines is 1. The lowest BCUT2D eigenvalue weighted by atomic mass is 10.0. The van der Waals surface area contributed by atoms with Gasteiger partial charge in [0.15, 0.2) is 0 Å². The van der Waals surface area contributed by atoms with Crippen LogP contribution in [0.15, 0.2) is 18.3 Å². The Balaban J connectivity index is 1.96. The molecule has 0 spiro atoms. The van der Waals surface area contributed by atoms with Crippen LogP contribution in [0.2, 0.25) is 0 Å². The quantitative estimate of drug-likeness (QED) is 0.841. The van der Waals surface area contributed by atoms with E-state index in [1.54, 1.807) is 6.20 Å². The zero-order valence-electron chi connectivity index (χ0n) is 9.43. The van der Waals surface area contributed by atoms with Crippen molar-refractivity contribution >= 4 is 17.6 Å². The molecule has 1 aromatic rings. The maximum absolute atomic E-state index is 6.25. The number of pyridine rings is 1. The Bertz CT molecular complexity index is 337. The van der Waals surface area contributed by atoms with Crippen molar-refractivity contribution in [3.05, 3.63) is 23.9 Å². The second kappa shape index (κ2) is 5.55. The molecule has 1 aliphatic rings. The molecule has 3 nitrogen and oxygen atoms in total. The van der Waals surface area contributed by atoms with E-state index in [9.17, 15) is 0 Å². The highest BCUT2D eigenvalue weighted by Crippen LogP contribution is 2.28. The normalized spacial score (nSPS) is 22.9. The summed E-state index contributed by atoms with van der Waals surface area (Å²) >= 11 is 2.01. The van der Waals surface area contributed by atoms with Gasteiger partial charge in [0.05, 0.1) is 0 Å². The first kappa shape index (κ1) is 11.7. The van der Waals surface area contributed by atoms with Gasteiger partial charge in [0.25, 0.3) is 0 Å². The molecule has 88 valence electrons. The van der Waals surface area contributed by atoms with Gasteiger partial charge in [-0.15, -0.1) is 0 Å². The molecule has 2 unspecified atom stereocenters. The fraction of sp³-hybridized carbons (Fsp3) is 0.583. The number of thioether (sulfide) groups is 1. The molecule has 0 aromatic carbocycles. The first-order valence-corrected chi connectivity index (χ1v) is 6.89. The molecule has 1 fully saturated rings. The zero-order chi connectivity index (χ0) is 11.4. The van der Waals surface area contributed by atoms with Gasteiger partial charge in [-0.2, -0.15) is 11.8 Å². The molecule has 0 bridgehead atoms. The number of hydrogen-bond acceptors (Lipinski definition) is 4. The average Bonchev–Trinajstić information content (AvgIpc) is 2.33. The lowest BCUT2D eigenvalue weighted by molar-refractivity contribution is 0.559. The number of nitrogens with two attached hydrogens (primary N) is 2. The second-order valence-corrected chi connectivity index (χ2v) is 5.67. The summed E-state index contributed by atoms with van der Waals surface area (Å²) in [6.07, 6.45) is 6.46. The molecule has 0 amide bonds. The summed E-state index contributed by atoms with van der Waals surface area (Å²) in [5.74, 6) is 1.87. The largest absolute Gasteiger partial charge is 0.383 e. The maximum Gasteiger partial charge on any atom is 0.126 e. The molecule has 0 saturated carbocycles. The van der Waals surface area contributed by atoms with Gasteiger partial charge in [-0.1, -0.05) is 12.5 Å². The third-order valence-corrected chi connectivity index (χ3v) is 4.61. The standard InChI is InChI=1S/C12H19N3S/c13-10(11-5-1-2-7-16-11)8-9-4-3-6-15-12(9)14/h3-4,6,10-11H,1-2,5,7-8,13H2,(H2,14,15). The summed E-state index contributed by atoms with van der Waals surface area (Å²) in [5.41, 5.74) is 13.2. The van der Waals surface area contributed by atoms with Gasteiger partial charge in [0.1, 0.15) is 5.82 Å². The zero-order valence-corrected chi connectivity index (χ0v) is 10.2. The van der Waals surface area contributed by atoms with E-state index in [1.807, 2.05) is 23.9 Å². The minimum atomic E-state index is 0.205. The molecule has 2 rings (SSSR count). The van der Waals surface area contributed by atoms with Crippen molar-refractivity contribution in [1.82, 2.24) is 4.98 Å². The predicted molar refractivity (Wildman–Crippen MR) is 70.4 cm³/mol. The van der Waals surface area contributed by atoms with Crippen LogP contribution in [0.5, 0.6) is 0 Å². The third-order valence-electron chi connectivity index (χ3n) is 3.07. The van der Waals surface area contributed by atoms with Crippen LogP contribution < -0.4 is 11.5 Å². The van der Waals surface area contributed by atoms with Crippen LogP contribution in [0.1, 0.15) is 24.8 Å². The molecule has 1 aromatic heterocycles. The molecular formula is C12H19N3S. The molecule has 1 saturated heterocycles. The van der Waals surface area contributed by atoms with Crippen LogP contribution in [0.25, 0.3) is 0 Å². The fourth-order valence-electron chi connectivity index (χ4n) is 2.11. The van der Waals surface area contributed by atoms with Crippen LogP contribution in [0.3, 0.4) is 0 Å². The number of hydrogen-bond donors (Lipinski definition) is 2. The van der Waals surface area contributed by atoms with Crippen LogP contribution in [0, 0.1) is 0 Å². The van der Waals surface area contributed by atoms with Crippen molar-refractivity contribution in [3.8, 4) is 0 Å². The van der Waals surface area contributed by atoms with Gasteiger partial charge >= 0.3 is 0 Å². The van der Waals surface area contributed by atoms with E-state index in [0.717, 1.165) is 12.0 Å². The Kier molecular flexibility index (Phi) is 4.07. The molecular weight excluding hydrogens is 218 g/mol. The van der Waals surface area contributed by atoms with Crippen molar-refractivity contribution in [3.63, 3.8) is 0 Å². The summed E-state index contributed by atoms with van der Waals surface area (Å²) in [6, 6.07) is 4.15. The smallest absolute Gasteiger partial charge is 0.126 e. The molecule has 16 heavy (non-hydrogen) atoms. The van der Waals surface area contributed by atoms with E-state index in [1.165, 1.54) is 25.0 Å². The lowest BCUT2D eigenvalue weighted by Crippen LogP contribution is -2.36. The van der Waals surface area contributed by atoms with Gasteiger partial charge in [-0.25, -0.2) is 4.98 Å². The van der Waals surface area contributed by atoms with E-state index >= 15 is 0 Å². The Morgan fingerprint density at radius 3 is 3.06 bits per heavy atom. The first-order chi connectivity index (χ1) is 7.77. The summed E-state index contributed by atoms with van der Waals surface area (Å²) in [6.45, 7) is 0. The summed E-state index contributed by atoms with van der Waals surface area (Å²) < 4.78 is 0. The Hall–Kier alpha value is -0.740. The van der Waals surface area contributed by atoms with Crippen molar-refractivity contribution in [2.75, 3.05) is 11.5 Å². The summed E-state index contributed by atoms with van der Waals surface area (Å²) in [7, 11) is 0. The monoisotopic (exact) mass is 237 g/mol. The molecule has 4 N–H and O–H groups in total. The van der Waals surface area contributed by atoms with Crippen molar-refractivity contribution in [2.45, 2.75) is 37.0 Å². The van der Waals surface area contributed by atoms with Crippen molar-refractivity contribution in [2.24, 2.45) is 5.73 Å². The highest BCUT2D eigenvalue weighted by Gasteiger charge is 2.21. The minimum absolute atomic E-state index is 0.205. The van der Waals surface area contributed by atoms with E-state index in [0.29, 0.717) is 11.1 Å². The minimum Gasteiger partial charge on any atom is -0.383 e. The topological polar surface area (TPSA) is 64.9 Å². The second-order valence-electron chi connectivity index (χ2n) is 4.32. The van der Waals surface area contributed by atoms with Crippen LogP contribution >= 0.6 is 11.8 Å². The number of rotatable bonds is 3. The van der Waals surface area contributed by atoms with Crippen molar-refractivity contribution < 1.29 is 0 Å². The van der Waals surface area contributed by atoms with Crippen LogP contribution in [-0.2, 0) is 6.42 Å². The lowest BCUT2D eigenvalue weighted by Gasteiger charge is -2.27. The summed E-state index contributed by atoms with van der Waals surface area (Å²) in [4.78, 5) is 4.09. The Labute approximate surface area is 101 Å². The highest BCUT2D eigenvalue weighted by atomic mass is 32.2. The molecule has 4 heteroatoms. The van der Waals surface area contributed by atoms with Gasteiger partial charge in [-0.3, -0.25) is 0 Å². The molecule has 0 aliphatic carbocycles. The number of nitrogen functional groups attached to an aromatic ring is 1. The Morgan fingerprint density at radius 1 is 1.50 bits per heavy atom. The fourth-order valence-corrected chi connectivity index (χ4v) is 3.46.